The van der Waals surface area contributed by atoms with Gasteiger partial charge in [0.1, 0.15) is 26.8 Å². The number of fused-ring (bicyclic) bond motifs is 2. The summed E-state index contributed by atoms with van der Waals surface area (Å²) in [5.41, 5.74) is 3.52. The smallest absolute Gasteiger partial charge is 0.303 e. The molecule has 16 nitrogen and oxygen atoms in total. The van der Waals surface area contributed by atoms with E-state index < -0.39 is 37.0 Å². The number of nitrogens with zero attached hydrogens (tertiary/aromatic N) is 2. The van der Waals surface area contributed by atoms with Crippen LogP contribution in [0.2, 0.25) is 0 Å². The summed E-state index contributed by atoms with van der Waals surface area (Å²) in [5, 5.41) is 9.17. The van der Waals surface area contributed by atoms with Crippen LogP contribution in [0.15, 0.2) is 94.4 Å². The molecule has 2 aliphatic rings. The average Bonchev–Trinajstić information content (AvgIpc) is 3.61. The Kier molecular flexibility index (Phi) is 21.2. The number of rotatable bonds is 31. The summed E-state index contributed by atoms with van der Waals surface area (Å²) in [5.74, 6) is -0.856. The number of hydrogen-bond donors (Lipinski definition) is 1. The van der Waals surface area contributed by atoms with Crippen LogP contribution < -0.4 is 4.90 Å². The molecular formula is C47H65N2O14S2-. The first kappa shape index (κ1) is 53.5. The number of carboxylic acids is 1. The Bertz CT molecular complexity index is 2270. The van der Waals surface area contributed by atoms with Crippen molar-refractivity contribution in [1.82, 2.24) is 0 Å². The number of aliphatic carboxylic acids is 1. The molecule has 1 unspecified atom stereocenters. The van der Waals surface area contributed by atoms with E-state index >= 15 is 0 Å². The van der Waals surface area contributed by atoms with Crippen molar-refractivity contribution in [3.8, 4) is 0 Å². The maximum Gasteiger partial charge on any atom is 0.303 e. The van der Waals surface area contributed by atoms with E-state index in [-0.39, 0.29) is 16.2 Å². The first-order valence-corrected chi connectivity index (χ1v) is 24.7. The highest BCUT2D eigenvalue weighted by molar-refractivity contribution is 7.86. The fraction of sp³-hybridized carbons (Fsp3) is 0.532. The molecule has 65 heavy (non-hydrogen) atoms. The first-order chi connectivity index (χ1) is 31.0. The Hall–Kier alpha value is -4.08. The highest BCUT2D eigenvalue weighted by atomic mass is 32.2. The van der Waals surface area contributed by atoms with Crippen molar-refractivity contribution in [1.29, 1.82) is 0 Å². The van der Waals surface area contributed by atoms with E-state index in [1.54, 1.807) is 19.2 Å². The summed E-state index contributed by atoms with van der Waals surface area (Å²) in [4.78, 5) is 12.7. The third-order valence-corrected chi connectivity index (χ3v) is 13.0. The van der Waals surface area contributed by atoms with Gasteiger partial charge in [-0.25, -0.2) is 16.8 Å². The molecule has 0 aromatic heterocycles. The molecule has 2 aliphatic heterocycles. The molecule has 0 amide bonds. The van der Waals surface area contributed by atoms with Crippen LogP contribution in [-0.2, 0) is 64.3 Å². The Labute approximate surface area is 384 Å². The van der Waals surface area contributed by atoms with Crippen LogP contribution in [-0.4, -0.2) is 140 Å². The third kappa shape index (κ3) is 15.5. The highest BCUT2D eigenvalue weighted by Gasteiger charge is 2.45. The number of hydrogen-bond acceptors (Lipinski definition) is 14. The van der Waals surface area contributed by atoms with E-state index in [0.717, 1.165) is 28.3 Å². The standard InChI is InChI=1S/C47H66N2O14S2/c1-6-48-41-20-18-37(64(52,53)54)35-39(41)46(2,3)43(48)15-11-8-7-9-12-16-44-47(4,22-24-59-27-28-61-31-32-63-34-33-62-30-29-60-26-25-58-5)40-36-38(65(55,56)57)19-21-42(40)49(44)23-14-10-13-17-45(50)51/h7-9,11-12,15-16,18-21,35-36H,6,10,13-14,17,22-34H2,1-5H3,(H2-,50,51,52,53,54,55,56,57)/p-1. The van der Waals surface area contributed by atoms with Gasteiger partial charge in [-0.3, -0.25) is 4.79 Å². The van der Waals surface area contributed by atoms with E-state index in [0.29, 0.717) is 117 Å². The second-order valence-corrected chi connectivity index (χ2v) is 19.0. The predicted molar refractivity (Wildman–Crippen MR) is 244 cm³/mol. The number of ether oxygens (including phenoxy) is 6. The minimum atomic E-state index is -4.76. The van der Waals surface area contributed by atoms with Gasteiger partial charge in [0, 0.05) is 61.2 Å². The van der Waals surface area contributed by atoms with Crippen molar-refractivity contribution in [3.05, 3.63) is 95.8 Å². The number of anilines is 1. The second kappa shape index (κ2) is 25.7. The molecule has 2 aromatic rings. The number of methoxy groups -OCH3 is 1. The molecule has 0 fully saturated rings. The molecule has 2 heterocycles. The van der Waals surface area contributed by atoms with E-state index in [1.165, 1.54) is 24.3 Å². The highest BCUT2D eigenvalue weighted by Crippen LogP contribution is 2.51. The van der Waals surface area contributed by atoms with Gasteiger partial charge in [-0.2, -0.15) is 4.58 Å². The molecule has 0 saturated carbocycles. The summed E-state index contributed by atoms with van der Waals surface area (Å²) in [7, 11) is -7.75. The van der Waals surface area contributed by atoms with Crippen molar-refractivity contribution >= 4 is 43.3 Å². The second-order valence-electron chi connectivity index (χ2n) is 16.2. The SMILES string of the molecule is CC[N+]1=C(/C=C/C=C/C=C/C=C2/N(CCCCCC(=O)O)c3ccc(S(=O)(=O)[O-])cc3C2(C)CCOCCOCCOCCOCCOCCOC)C(C)(C)c2cc(S(=O)(=O)[O-])ccc21. The molecule has 0 bridgehead atoms. The number of unbranched alkanes of at least 4 members (excludes halogenated alkanes) is 2. The largest absolute Gasteiger partial charge is 0.744 e. The lowest BCUT2D eigenvalue weighted by Crippen LogP contribution is -2.30. The molecule has 0 spiro atoms. The van der Waals surface area contributed by atoms with Crippen LogP contribution in [0.5, 0.6) is 0 Å². The number of benzene rings is 2. The van der Waals surface area contributed by atoms with E-state index in [4.69, 9.17) is 33.5 Å². The van der Waals surface area contributed by atoms with E-state index in [2.05, 4.69) is 9.48 Å². The van der Waals surface area contributed by atoms with Crippen LogP contribution >= 0.6 is 0 Å². The van der Waals surface area contributed by atoms with Crippen LogP contribution in [0.25, 0.3) is 0 Å². The molecule has 0 saturated heterocycles. The average molecular weight is 946 g/mol. The summed E-state index contributed by atoms with van der Waals surface area (Å²) >= 11 is 0. The Balaban J connectivity index is 1.44. The lowest BCUT2D eigenvalue weighted by Gasteiger charge is -2.30. The van der Waals surface area contributed by atoms with Gasteiger partial charge in [-0.1, -0.05) is 36.8 Å². The molecule has 4 rings (SSSR count). The van der Waals surface area contributed by atoms with Crippen LogP contribution in [0.3, 0.4) is 0 Å². The molecule has 1 N–H and O–H groups in total. The molecule has 1 atom stereocenters. The Morgan fingerprint density at radius 2 is 1.23 bits per heavy atom. The maximum atomic E-state index is 12.2. The van der Waals surface area contributed by atoms with Crippen molar-refractivity contribution in [2.45, 2.75) is 80.4 Å². The van der Waals surface area contributed by atoms with Gasteiger partial charge in [0.05, 0.1) is 81.3 Å². The molecule has 2 aromatic carbocycles. The molecular weight excluding hydrogens is 881 g/mol. The minimum Gasteiger partial charge on any atom is -0.744 e. The third-order valence-electron chi connectivity index (χ3n) is 11.4. The van der Waals surface area contributed by atoms with Crippen molar-refractivity contribution in [2.24, 2.45) is 0 Å². The van der Waals surface area contributed by atoms with Gasteiger partial charge in [0.15, 0.2) is 5.71 Å². The fourth-order valence-electron chi connectivity index (χ4n) is 7.95. The molecule has 0 radical (unpaired) electrons. The van der Waals surface area contributed by atoms with Crippen molar-refractivity contribution in [3.63, 3.8) is 0 Å². The first-order valence-electron chi connectivity index (χ1n) is 21.9. The van der Waals surface area contributed by atoms with Gasteiger partial charge >= 0.3 is 5.97 Å². The lowest BCUT2D eigenvalue weighted by atomic mass is 9.78. The monoisotopic (exact) mass is 945 g/mol. The quantitative estimate of drug-likeness (QED) is 0.0398. The van der Waals surface area contributed by atoms with Gasteiger partial charge < -0.3 is 47.5 Å². The molecule has 0 aliphatic carbocycles. The lowest BCUT2D eigenvalue weighted by molar-refractivity contribution is -0.433. The Morgan fingerprint density at radius 3 is 1.78 bits per heavy atom. The Morgan fingerprint density at radius 1 is 0.708 bits per heavy atom. The van der Waals surface area contributed by atoms with Crippen molar-refractivity contribution in [2.75, 3.05) is 97.8 Å². The van der Waals surface area contributed by atoms with Gasteiger partial charge in [0.2, 0.25) is 5.69 Å². The predicted octanol–water partition coefficient (Wildman–Crippen LogP) is 5.99. The zero-order chi connectivity index (χ0) is 47.5. The normalized spacial score (nSPS) is 18.0. The zero-order valence-corrected chi connectivity index (χ0v) is 39.8. The number of carbonyl (C=O) groups is 1. The summed E-state index contributed by atoms with van der Waals surface area (Å²) in [6.07, 6.45) is 15.7. The number of carboxylic acid groups (broad SMARTS) is 1. The van der Waals surface area contributed by atoms with Gasteiger partial charge in [0.25, 0.3) is 0 Å². The fourth-order valence-corrected chi connectivity index (χ4v) is 8.94. The maximum absolute atomic E-state index is 12.2. The van der Waals surface area contributed by atoms with Crippen LogP contribution in [0, 0.1) is 0 Å². The zero-order valence-electron chi connectivity index (χ0n) is 38.2. The van der Waals surface area contributed by atoms with Crippen molar-refractivity contribution < 1.29 is 68.8 Å². The van der Waals surface area contributed by atoms with Crippen LogP contribution in [0.1, 0.15) is 70.9 Å². The van der Waals surface area contributed by atoms with Gasteiger partial charge in [-0.15, -0.1) is 0 Å². The summed E-state index contributed by atoms with van der Waals surface area (Å²) < 4.78 is 107. The minimum absolute atomic E-state index is 0.0631. The van der Waals surface area contributed by atoms with E-state index in [9.17, 15) is 30.7 Å². The number of allylic oxidation sites excluding steroid dienone is 8. The van der Waals surface area contributed by atoms with E-state index in [1.807, 2.05) is 70.2 Å². The summed E-state index contributed by atoms with van der Waals surface area (Å²) in [6, 6.07) is 8.92. The molecule has 360 valence electrons. The topological polar surface area (TPSA) is 213 Å². The summed E-state index contributed by atoms with van der Waals surface area (Å²) in [6.45, 7) is 13.8. The van der Waals surface area contributed by atoms with Crippen LogP contribution in [0.4, 0.5) is 11.4 Å². The van der Waals surface area contributed by atoms with Gasteiger partial charge in [-0.05, 0) is 88.9 Å². The molecule has 18 heteroatoms.